The van der Waals surface area contributed by atoms with Gasteiger partial charge in [0.05, 0.1) is 5.69 Å². The lowest BCUT2D eigenvalue weighted by atomic mass is 9.97. The number of para-hydroxylation sites is 1. The third-order valence-corrected chi connectivity index (χ3v) is 4.86. The maximum absolute atomic E-state index is 12.6. The van der Waals surface area contributed by atoms with Crippen molar-refractivity contribution in [3.8, 4) is 0 Å². The summed E-state index contributed by atoms with van der Waals surface area (Å²) in [5.41, 5.74) is 6.59. The van der Waals surface area contributed by atoms with Crippen molar-refractivity contribution in [2.75, 3.05) is 30.4 Å². The SMILES string of the molecule is CN1CCCc2cc(C=C3C(=O)N(C)c4ccccc43)ccc21. The number of rotatable bonds is 1. The van der Waals surface area contributed by atoms with Gasteiger partial charge < -0.3 is 9.80 Å². The lowest BCUT2D eigenvalue weighted by Gasteiger charge is -2.27. The summed E-state index contributed by atoms with van der Waals surface area (Å²) in [7, 11) is 3.98. The van der Waals surface area contributed by atoms with Gasteiger partial charge in [-0.2, -0.15) is 0 Å². The molecule has 0 N–H and O–H groups in total. The molecule has 0 aliphatic carbocycles. The minimum atomic E-state index is 0.0704. The predicted molar refractivity (Wildman–Crippen MR) is 95.8 cm³/mol. The molecule has 2 aliphatic rings. The third-order valence-electron chi connectivity index (χ3n) is 4.86. The summed E-state index contributed by atoms with van der Waals surface area (Å²) in [6, 6.07) is 14.5. The van der Waals surface area contributed by atoms with Crippen LogP contribution in [0.4, 0.5) is 11.4 Å². The summed E-state index contributed by atoms with van der Waals surface area (Å²) >= 11 is 0. The monoisotopic (exact) mass is 304 g/mol. The standard InChI is InChI=1S/C20H20N2O/c1-21-11-5-6-15-12-14(9-10-18(15)21)13-17-16-7-3-4-8-19(16)22(2)20(17)23/h3-4,7-10,12-13H,5-6,11H2,1-2H3. The second-order valence-electron chi connectivity index (χ2n) is 6.35. The van der Waals surface area contributed by atoms with Gasteiger partial charge in [-0.3, -0.25) is 4.79 Å². The summed E-state index contributed by atoms with van der Waals surface area (Å²) in [4.78, 5) is 16.6. The number of carbonyl (C=O) groups excluding carboxylic acids is 1. The molecule has 2 aliphatic heterocycles. The molecule has 2 aromatic carbocycles. The molecule has 0 saturated heterocycles. The highest BCUT2D eigenvalue weighted by atomic mass is 16.2. The van der Waals surface area contributed by atoms with Crippen LogP contribution in [-0.4, -0.2) is 26.5 Å². The lowest BCUT2D eigenvalue weighted by Crippen LogP contribution is -2.24. The van der Waals surface area contributed by atoms with Crippen LogP contribution in [0.25, 0.3) is 11.6 Å². The van der Waals surface area contributed by atoms with E-state index < -0.39 is 0 Å². The Kier molecular flexibility index (Phi) is 3.22. The van der Waals surface area contributed by atoms with E-state index in [9.17, 15) is 4.79 Å². The molecule has 0 saturated carbocycles. The molecule has 2 heterocycles. The topological polar surface area (TPSA) is 23.6 Å². The van der Waals surface area contributed by atoms with Crippen molar-refractivity contribution in [2.45, 2.75) is 12.8 Å². The van der Waals surface area contributed by atoms with Crippen molar-refractivity contribution in [1.29, 1.82) is 0 Å². The van der Waals surface area contributed by atoms with E-state index in [0.717, 1.165) is 35.4 Å². The van der Waals surface area contributed by atoms with Gasteiger partial charge in [-0.05, 0) is 48.2 Å². The second kappa shape index (κ2) is 5.27. The van der Waals surface area contributed by atoms with Crippen molar-refractivity contribution in [3.63, 3.8) is 0 Å². The first-order chi connectivity index (χ1) is 11.1. The number of nitrogens with zero attached hydrogens (tertiary/aromatic N) is 2. The van der Waals surface area contributed by atoms with Crippen molar-refractivity contribution < 1.29 is 4.79 Å². The highest BCUT2D eigenvalue weighted by Crippen LogP contribution is 2.37. The molecule has 0 aromatic heterocycles. The van der Waals surface area contributed by atoms with Gasteiger partial charge in [-0.1, -0.05) is 24.3 Å². The molecular weight excluding hydrogens is 284 g/mol. The normalized spacial score (nSPS) is 18.3. The Morgan fingerprint density at radius 2 is 1.87 bits per heavy atom. The van der Waals surface area contributed by atoms with E-state index in [-0.39, 0.29) is 5.91 Å². The van der Waals surface area contributed by atoms with E-state index in [1.807, 2.05) is 37.4 Å². The molecule has 0 radical (unpaired) electrons. The summed E-state index contributed by atoms with van der Waals surface area (Å²) < 4.78 is 0. The first kappa shape index (κ1) is 14.1. The molecule has 0 unspecified atom stereocenters. The van der Waals surface area contributed by atoms with E-state index in [4.69, 9.17) is 0 Å². The minimum Gasteiger partial charge on any atom is -0.374 e. The quantitative estimate of drug-likeness (QED) is 0.752. The number of hydrogen-bond acceptors (Lipinski definition) is 2. The number of anilines is 2. The highest BCUT2D eigenvalue weighted by molar-refractivity contribution is 6.35. The fourth-order valence-electron chi connectivity index (χ4n) is 3.60. The molecule has 3 nitrogen and oxygen atoms in total. The smallest absolute Gasteiger partial charge is 0.258 e. The Morgan fingerprint density at radius 3 is 2.74 bits per heavy atom. The van der Waals surface area contributed by atoms with Crippen molar-refractivity contribution in [3.05, 3.63) is 59.2 Å². The number of hydrogen-bond donors (Lipinski definition) is 0. The number of carbonyl (C=O) groups is 1. The number of amides is 1. The van der Waals surface area contributed by atoms with E-state index >= 15 is 0 Å². The van der Waals surface area contributed by atoms with Crippen LogP contribution in [0.15, 0.2) is 42.5 Å². The maximum Gasteiger partial charge on any atom is 0.258 e. The largest absolute Gasteiger partial charge is 0.374 e. The molecule has 1 amide bonds. The van der Waals surface area contributed by atoms with Gasteiger partial charge in [0.2, 0.25) is 0 Å². The van der Waals surface area contributed by atoms with Gasteiger partial charge in [-0.25, -0.2) is 0 Å². The summed E-state index contributed by atoms with van der Waals surface area (Å²) in [6.07, 6.45) is 4.33. The Hall–Kier alpha value is -2.55. The second-order valence-corrected chi connectivity index (χ2v) is 6.35. The van der Waals surface area contributed by atoms with Gasteiger partial charge in [-0.15, -0.1) is 0 Å². The molecule has 2 aromatic rings. The molecule has 0 atom stereocenters. The lowest BCUT2D eigenvalue weighted by molar-refractivity contribution is -0.112. The van der Waals surface area contributed by atoms with Crippen LogP contribution in [0.5, 0.6) is 0 Å². The zero-order valence-electron chi connectivity index (χ0n) is 13.5. The minimum absolute atomic E-state index is 0.0704. The molecule has 4 rings (SSSR count). The Morgan fingerprint density at radius 1 is 1.04 bits per heavy atom. The Balaban J connectivity index is 1.78. The van der Waals surface area contributed by atoms with E-state index in [1.165, 1.54) is 17.7 Å². The van der Waals surface area contributed by atoms with Crippen LogP contribution in [0.3, 0.4) is 0 Å². The number of likely N-dealkylation sites (N-methyl/N-ethyl adjacent to an activating group) is 1. The molecule has 23 heavy (non-hydrogen) atoms. The van der Waals surface area contributed by atoms with Crippen molar-refractivity contribution in [1.82, 2.24) is 0 Å². The molecule has 0 fully saturated rings. The van der Waals surface area contributed by atoms with Crippen LogP contribution >= 0.6 is 0 Å². The predicted octanol–water partition coefficient (Wildman–Crippen LogP) is 3.59. The fraction of sp³-hybridized carbons (Fsp3) is 0.250. The van der Waals surface area contributed by atoms with Crippen molar-refractivity contribution in [2.24, 2.45) is 0 Å². The van der Waals surface area contributed by atoms with E-state index in [2.05, 4.69) is 30.1 Å². The molecular formula is C20H20N2O. The van der Waals surface area contributed by atoms with Gasteiger partial charge in [0.25, 0.3) is 5.91 Å². The fourth-order valence-corrected chi connectivity index (χ4v) is 3.60. The summed E-state index contributed by atoms with van der Waals surface area (Å²) in [6.45, 7) is 1.12. The van der Waals surface area contributed by atoms with Crippen LogP contribution < -0.4 is 9.80 Å². The number of fused-ring (bicyclic) bond motifs is 2. The van der Waals surface area contributed by atoms with Gasteiger partial charge in [0, 0.05) is 37.5 Å². The average molecular weight is 304 g/mol. The first-order valence-electron chi connectivity index (χ1n) is 8.08. The van der Waals surface area contributed by atoms with Gasteiger partial charge in [0.15, 0.2) is 0 Å². The van der Waals surface area contributed by atoms with Crippen molar-refractivity contribution >= 4 is 28.9 Å². The van der Waals surface area contributed by atoms with Crippen LogP contribution in [0, 0.1) is 0 Å². The molecule has 0 bridgehead atoms. The Bertz CT molecular complexity index is 822. The molecule has 0 spiro atoms. The van der Waals surface area contributed by atoms with Crippen LogP contribution in [0.1, 0.15) is 23.1 Å². The summed E-state index contributed by atoms with van der Waals surface area (Å²) in [5.74, 6) is 0.0704. The first-order valence-corrected chi connectivity index (χ1v) is 8.08. The molecule has 116 valence electrons. The average Bonchev–Trinajstić information content (AvgIpc) is 2.81. The zero-order chi connectivity index (χ0) is 16.0. The van der Waals surface area contributed by atoms with E-state index in [1.54, 1.807) is 4.90 Å². The van der Waals surface area contributed by atoms with Gasteiger partial charge in [0.1, 0.15) is 0 Å². The van der Waals surface area contributed by atoms with Crippen LogP contribution in [0.2, 0.25) is 0 Å². The summed E-state index contributed by atoms with van der Waals surface area (Å²) in [5, 5.41) is 0. The Labute approximate surface area is 136 Å². The van der Waals surface area contributed by atoms with Gasteiger partial charge >= 0.3 is 0 Å². The highest BCUT2D eigenvalue weighted by Gasteiger charge is 2.29. The number of benzene rings is 2. The zero-order valence-corrected chi connectivity index (χ0v) is 13.5. The maximum atomic E-state index is 12.6. The van der Waals surface area contributed by atoms with Crippen LogP contribution in [-0.2, 0) is 11.2 Å². The third kappa shape index (κ3) is 2.24. The number of aryl methyl sites for hydroxylation is 1. The van der Waals surface area contributed by atoms with E-state index in [0.29, 0.717) is 0 Å². The molecule has 3 heteroatoms.